The first-order valence-corrected chi connectivity index (χ1v) is 8.45. The van der Waals surface area contributed by atoms with Crippen LogP contribution in [0.1, 0.15) is 40.0 Å². The summed E-state index contributed by atoms with van der Waals surface area (Å²) < 4.78 is 11.1. The molecule has 0 bridgehead atoms. The quantitative estimate of drug-likeness (QED) is 0.418. The molecule has 0 aromatic carbocycles. The second-order valence-corrected chi connectivity index (χ2v) is 6.14. The Labute approximate surface area is 152 Å². The van der Waals surface area contributed by atoms with Gasteiger partial charge in [0, 0.05) is 19.6 Å². The minimum Gasteiger partial charge on any atom is -0.376 e. The molecule has 2 saturated heterocycles. The Balaban J connectivity index is 0.00000242. The lowest BCUT2D eigenvalue weighted by Gasteiger charge is -2.28. The Kier molecular flexibility index (Phi) is 9.01. The number of aliphatic imine (C=N–C) groups is 1. The van der Waals surface area contributed by atoms with Crippen LogP contribution in [0, 0.1) is 5.41 Å². The normalized spacial score (nSPS) is 25.0. The zero-order valence-corrected chi connectivity index (χ0v) is 16.6. The summed E-state index contributed by atoms with van der Waals surface area (Å²) >= 11 is 0. The molecule has 2 aliphatic heterocycles. The molecule has 2 aliphatic rings. The molecular weight excluding hydrogens is 393 g/mol. The molecule has 2 heterocycles. The first kappa shape index (κ1) is 20.0. The molecule has 0 saturated carbocycles. The van der Waals surface area contributed by atoms with Crippen molar-refractivity contribution in [2.75, 3.05) is 46.0 Å². The van der Waals surface area contributed by atoms with Gasteiger partial charge in [-0.3, -0.25) is 4.99 Å². The van der Waals surface area contributed by atoms with Gasteiger partial charge in [-0.15, -0.1) is 24.0 Å². The maximum absolute atomic E-state index is 5.67. The molecule has 0 aromatic heterocycles. The van der Waals surface area contributed by atoms with Crippen LogP contribution in [0.5, 0.6) is 0 Å². The number of halogens is 1. The van der Waals surface area contributed by atoms with Gasteiger partial charge < -0.3 is 19.7 Å². The molecule has 22 heavy (non-hydrogen) atoms. The van der Waals surface area contributed by atoms with E-state index in [2.05, 4.69) is 31.0 Å². The van der Waals surface area contributed by atoms with Crippen molar-refractivity contribution in [2.24, 2.45) is 10.4 Å². The molecule has 1 atom stereocenters. The molecule has 5 nitrogen and oxygen atoms in total. The third kappa shape index (κ3) is 5.23. The highest BCUT2D eigenvalue weighted by Crippen LogP contribution is 2.36. The fourth-order valence-electron chi connectivity index (χ4n) is 3.20. The summed E-state index contributed by atoms with van der Waals surface area (Å²) in [5, 5.41) is 3.43. The Hall–Kier alpha value is -0.0800. The van der Waals surface area contributed by atoms with E-state index in [1.165, 1.54) is 19.3 Å². The Morgan fingerprint density at radius 2 is 2.05 bits per heavy atom. The maximum atomic E-state index is 5.67. The van der Waals surface area contributed by atoms with E-state index in [1.807, 2.05) is 0 Å². The fraction of sp³-hybridized carbons (Fsp3) is 0.938. The van der Waals surface area contributed by atoms with Crippen molar-refractivity contribution in [1.82, 2.24) is 10.2 Å². The standard InChI is InChI=1S/C16H31N3O2.HI/c1-4-16(5-2)7-8-19(13-16)15(17-6-3)18-11-14-12-20-9-10-21-14;/h14H,4-13H2,1-3H3,(H,17,18);1H. The zero-order valence-electron chi connectivity index (χ0n) is 14.3. The number of nitrogens with one attached hydrogen (secondary N) is 1. The van der Waals surface area contributed by atoms with Crippen molar-refractivity contribution in [3.05, 3.63) is 0 Å². The van der Waals surface area contributed by atoms with Crippen LogP contribution in [0.3, 0.4) is 0 Å². The van der Waals surface area contributed by atoms with Crippen molar-refractivity contribution in [3.63, 3.8) is 0 Å². The van der Waals surface area contributed by atoms with Crippen LogP contribution in [0.25, 0.3) is 0 Å². The van der Waals surface area contributed by atoms with E-state index in [9.17, 15) is 0 Å². The maximum Gasteiger partial charge on any atom is 0.194 e. The van der Waals surface area contributed by atoms with Gasteiger partial charge >= 0.3 is 0 Å². The molecule has 0 amide bonds. The van der Waals surface area contributed by atoms with Crippen LogP contribution in [0.2, 0.25) is 0 Å². The summed E-state index contributed by atoms with van der Waals surface area (Å²) in [6.45, 7) is 12.6. The molecule has 1 N–H and O–H groups in total. The number of rotatable bonds is 5. The predicted molar refractivity (Wildman–Crippen MR) is 101 cm³/mol. The summed E-state index contributed by atoms with van der Waals surface area (Å²) in [7, 11) is 0. The SMILES string of the molecule is CCNC(=NCC1COCCO1)N1CCC(CC)(CC)C1.I. The van der Waals surface area contributed by atoms with Crippen molar-refractivity contribution in [3.8, 4) is 0 Å². The third-order valence-corrected chi connectivity index (χ3v) is 4.90. The van der Waals surface area contributed by atoms with Crippen LogP contribution < -0.4 is 5.32 Å². The summed E-state index contributed by atoms with van der Waals surface area (Å²) in [6, 6.07) is 0. The van der Waals surface area contributed by atoms with Gasteiger partial charge in [0.05, 0.1) is 26.4 Å². The molecule has 0 aromatic rings. The van der Waals surface area contributed by atoms with Crippen LogP contribution in [0.15, 0.2) is 4.99 Å². The summed E-state index contributed by atoms with van der Waals surface area (Å²) in [5.74, 6) is 1.04. The molecule has 0 spiro atoms. The third-order valence-electron chi connectivity index (χ3n) is 4.90. The van der Waals surface area contributed by atoms with E-state index in [0.29, 0.717) is 31.8 Å². The molecule has 0 radical (unpaired) electrons. The van der Waals surface area contributed by atoms with E-state index < -0.39 is 0 Å². The van der Waals surface area contributed by atoms with Crippen molar-refractivity contribution >= 4 is 29.9 Å². The largest absolute Gasteiger partial charge is 0.376 e. The van der Waals surface area contributed by atoms with Crippen LogP contribution in [0.4, 0.5) is 0 Å². The lowest BCUT2D eigenvalue weighted by molar-refractivity contribution is -0.0833. The van der Waals surface area contributed by atoms with Gasteiger partial charge in [-0.25, -0.2) is 0 Å². The smallest absolute Gasteiger partial charge is 0.194 e. The van der Waals surface area contributed by atoms with Crippen molar-refractivity contribution < 1.29 is 9.47 Å². The summed E-state index contributed by atoms with van der Waals surface area (Å²) in [4.78, 5) is 7.20. The van der Waals surface area contributed by atoms with Gasteiger partial charge in [0.1, 0.15) is 6.10 Å². The fourth-order valence-corrected chi connectivity index (χ4v) is 3.20. The predicted octanol–water partition coefficient (Wildman–Crippen LogP) is 2.50. The Bertz CT molecular complexity index is 342. The van der Waals surface area contributed by atoms with E-state index in [-0.39, 0.29) is 30.1 Å². The van der Waals surface area contributed by atoms with Gasteiger partial charge in [-0.05, 0) is 31.6 Å². The second-order valence-electron chi connectivity index (χ2n) is 6.14. The number of hydrogen-bond acceptors (Lipinski definition) is 3. The van der Waals surface area contributed by atoms with Gasteiger partial charge in [0.2, 0.25) is 0 Å². The highest BCUT2D eigenvalue weighted by atomic mass is 127. The highest BCUT2D eigenvalue weighted by Gasteiger charge is 2.36. The number of nitrogens with zero attached hydrogens (tertiary/aromatic N) is 2. The van der Waals surface area contributed by atoms with Gasteiger partial charge in [0.15, 0.2) is 5.96 Å². The average molecular weight is 425 g/mol. The first-order chi connectivity index (χ1) is 10.2. The molecule has 6 heteroatoms. The topological polar surface area (TPSA) is 46.1 Å². The Morgan fingerprint density at radius 3 is 2.59 bits per heavy atom. The van der Waals surface area contributed by atoms with E-state index >= 15 is 0 Å². The monoisotopic (exact) mass is 425 g/mol. The van der Waals surface area contributed by atoms with Gasteiger partial charge in [-0.1, -0.05) is 13.8 Å². The van der Waals surface area contributed by atoms with E-state index in [0.717, 1.165) is 25.6 Å². The highest BCUT2D eigenvalue weighted by molar-refractivity contribution is 14.0. The van der Waals surface area contributed by atoms with Crippen molar-refractivity contribution in [2.45, 2.75) is 46.1 Å². The molecular formula is C16H32IN3O2. The molecule has 2 fully saturated rings. The number of likely N-dealkylation sites (tertiary alicyclic amines) is 1. The lowest BCUT2D eigenvalue weighted by atomic mass is 9.82. The Morgan fingerprint density at radius 1 is 1.27 bits per heavy atom. The van der Waals surface area contributed by atoms with E-state index in [4.69, 9.17) is 14.5 Å². The summed E-state index contributed by atoms with van der Waals surface area (Å²) in [5.41, 5.74) is 0.473. The number of ether oxygens (including phenoxy) is 2. The van der Waals surface area contributed by atoms with Crippen molar-refractivity contribution in [1.29, 1.82) is 0 Å². The number of guanidine groups is 1. The molecule has 2 rings (SSSR count). The first-order valence-electron chi connectivity index (χ1n) is 8.45. The number of hydrogen-bond donors (Lipinski definition) is 1. The molecule has 0 aliphatic carbocycles. The van der Waals surface area contributed by atoms with Gasteiger partial charge in [0.25, 0.3) is 0 Å². The minimum atomic E-state index is 0. The molecule has 130 valence electrons. The van der Waals surface area contributed by atoms with Gasteiger partial charge in [-0.2, -0.15) is 0 Å². The minimum absolute atomic E-state index is 0. The van der Waals surface area contributed by atoms with Crippen LogP contribution >= 0.6 is 24.0 Å². The second kappa shape index (κ2) is 9.93. The molecule has 1 unspecified atom stereocenters. The summed E-state index contributed by atoms with van der Waals surface area (Å²) in [6.07, 6.45) is 3.88. The lowest BCUT2D eigenvalue weighted by Crippen LogP contribution is -2.42. The van der Waals surface area contributed by atoms with Crippen LogP contribution in [-0.4, -0.2) is 63.0 Å². The average Bonchev–Trinajstić information content (AvgIpc) is 2.97. The van der Waals surface area contributed by atoms with E-state index in [1.54, 1.807) is 0 Å². The zero-order chi connectivity index (χ0) is 15.1. The van der Waals surface area contributed by atoms with Crippen LogP contribution in [-0.2, 0) is 9.47 Å².